The Balaban J connectivity index is 2.40. The van der Waals surface area contributed by atoms with Crippen LogP contribution in [0.25, 0.3) is 10.6 Å². The number of carboxylic acid groups (broad SMARTS) is 1. The van der Waals surface area contributed by atoms with E-state index in [1.165, 1.54) is 16.9 Å². The number of carbonyl (C=O) groups is 1. The van der Waals surface area contributed by atoms with Crippen molar-refractivity contribution in [1.29, 1.82) is 0 Å². The SMILES string of the molecule is Cc1ccc(-c2nc(C)c(C(C)C(=O)O)s2)cc1. The van der Waals surface area contributed by atoms with Crippen molar-refractivity contribution in [3.05, 3.63) is 40.4 Å². The zero-order chi connectivity index (χ0) is 13.3. The first-order valence-electron chi connectivity index (χ1n) is 5.76. The van der Waals surface area contributed by atoms with E-state index < -0.39 is 11.9 Å². The van der Waals surface area contributed by atoms with Gasteiger partial charge in [0.05, 0.1) is 11.6 Å². The van der Waals surface area contributed by atoms with Gasteiger partial charge in [-0.3, -0.25) is 4.79 Å². The summed E-state index contributed by atoms with van der Waals surface area (Å²) in [5.74, 6) is -1.31. The monoisotopic (exact) mass is 261 g/mol. The van der Waals surface area contributed by atoms with Gasteiger partial charge in [-0.05, 0) is 20.8 Å². The Hall–Kier alpha value is -1.68. The van der Waals surface area contributed by atoms with Crippen LogP contribution in [-0.2, 0) is 4.79 Å². The molecule has 1 aromatic heterocycles. The Morgan fingerprint density at radius 2 is 1.89 bits per heavy atom. The van der Waals surface area contributed by atoms with Crippen LogP contribution in [0.3, 0.4) is 0 Å². The molecule has 94 valence electrons. The van der Waals surface area contributed by atoms with Crippen LogP contribution in [0, 0.1) is 13.8 Å². The molecule has 0 aliphatic carbocycles. The van der Waals surface area contributed by atoms with Crippen LogP contribution in [-0.4, -0.2) is 16.1 Å². The van der Waals surface area contributed by atoms with Gasteiger partial charge in [0, 0.05) is 10.4 Å². The van der Waals surface area contributed by atoms with Crippen molar-refractivity contribution in [2.75, 3.05) is 0 Å². The second kappa shape index (κ2) is 4.90. The number of aryl methyl sites for hydroxylation is 2. The van der Waals surface area contributed by atoms with E-state index in [0.29, 0.717) is 0 Å². The molecule has 18 heavy (non-hydrogen) atoms. The number of rotatable bonds is 3. The number of carboxylic acids is 1. The predicted octanol–water partition coefficient (Wildman–Crippen LogP) is 3.62. The smallest absolute Gasteiger partial charge is 0.311 e. The van der Waals surface area contributed by atoms with Crippen LogP contribution in [0.15, 0.2) is 24.3 Å². The van der Waals surface area contributed by atoms with E-state index >= 15 is 0 Å². The number of aromatic nitrogens is 1. The molecule has 4 heteroatoms. The summed E-state index contributed by atoms with van der Waals surface area (Å²) in [6, 6.07) is 8.10. The van der Waals surface area contributed by atoms with Gasteiger partial charge in [-0.1, -0.05) is 29.8 Å². The van der Waals surface area contributed by atoms with Crippen molar-refractivity contribution in [3.63, 3.8) is 0 Å². The van der Waals surface area contributed by atoms with Crippen molar-refractivity contribution in [2.24, 2.45) is 0 Å². The topological polar surface area (TPSA) is 50.2 Å². The molecule has 1 unspecified atom stereocenters. The molecule has 0 saturated carbocycles. The average Bonchev–Trinajstić information content (AvgIpc) is 2.71. The maximum atomic E-state index is 11.0. The van der Waals surface area contributed by atoms with Gasteiger partial charge in [0.2, 0.25) is 0 Å². The van der Waals surface area contributed by atoms with Gasteiger partial charge in [-0.25, -0.2) is 4.98 Å². The Morgan fingerprint density at radius 3 is 2.44 bits per heavy atom. The van der Waals surface area contributed by atoms with Crippen molar-refractivity contribution >= 4 is 17.3 Å². The van der Waals surface area contributed by atoms with E-state index in [0.717, 1.165) is 21.1 Å². The van der Waals surface area contributed by atoms with Crippen molar-refractivity contribution in [2.45, 2.75) is 26.7 Å². The molecule has 1 heterocycles. The van der Waals surface area contributed by atoms with Crippen LogP contribution < -0.4 is 0 Å². The second-order valence-corrected chi connectivity index (χ2v) is 5.43. The minimum absolute atomic E-state index is 0.498. The first-order chi connectivity index (χ1) is 8.49. The largest absolute Gasteiger partial charge is 0.481 e. The van der Waals surface area contributed by atoms with E-state index in [2.05, 4.69) is 4.98 Å². The van der Waals surface area contributed by atoms with E-state index in [4.69, 9.17) is 5.11 Å². The predicted molar refractivity (Wildman–Crippen MR) is 73.1 cm³/mol. The van der Waals surface area contributed by atoms with Gasteiger partial charge >= 0.3 is 5.97 Å². The normalized spacial score (nSPS) is 12.4. The highest BCUT2D eigenvalue weighted by Gasteiger charge is 2.20. The lowest BCUT2D eigenvalue weighted by Gasteiger charge is -2.02. The summed E-state index contributed by atoms with van der Waals surface area (Å²) in [5, 5.41) is 9.94. The minimum Gasteiger partial charge on any atom is -0.481 e. The maximum Gasteiger partial charge on any atom is 0.311 e. The first kappa shape index (κ1) is 12.8. The minimum atomic E-state index is -0.808. The van der Waals surface area contributed by atoms with E-state index in [-0.39, 0.29) is 0 Å². The lowest BCUT2D eigenvalue weighted by atomic mass is 10.1. The fourth-order valence-electron chi connectivity index (χ4n) is 1.74. The molecule has 0 radical (unpaired) electrons. The maximum absolute atomic E-state index is 11.0. The number of benzene rings is 1. The highest BCUT2D eigenvalue weighted by molar-refractivity contribution is 7.15. The summed E-state index contributed by atoms with van der Waals surface area (Å²) in [5.41, 5.74) is 3.05. The number of hydrogen-bond acceptors (Lipinski definition) is 3. The zero-order valence-corrected chi connectivity index (χ0v) is 11.4. The molecular formula is C14H15NO2S. The third kappa shape index (κ3) is 2.43. The molecular weight excluding hydrogens is 246 g/mol. The third-order valence-corrected chi connectivity index (χ3v) is 4.28. The van der Waals surface area contributed by atoms with Crippen LogP contribution in [0.1, 0.15) is 29.0 Å². The number of thiazole rings is 1. The van der Waals surface area contributed by atoms with Gasteiger partial charge < -0.3 is 5.11 Å². The molecule has 0 fully saturated rings. The molecule has 0 bridgehead atoms. The van der Waals surface area contributed by atoms with Crippen molar-refractivity contribution in [3.8, 4) is 10.6 Å². The molecule has 3 nitrogen and oxygen atoms in total. The molecule has 1 aromatic carbocycles. The highest BCUT2D eigenvalue weighted by Crippen LogP contribution is 2.32. The van der Waals surface area contributed by atoms with Gasteiger partial charge in [-0.2, -0.15) is 0 Å². The Morgan fingerprint density at radius 1 is 1.28 bits per heavy atom. The summed E-state index contributed by atoms with van der Waals surface area (Å²) in [7, 11) is 0. The van der Waals surface area contributed by atoms with Gasteiger partial charge in [-0.15, -0.1) is 11.3 Å². The number of hydrogen-bond donors (Lipinski definition) is 1. The molecule has 0 aliphatic rings. The second-order valence-electron chi connectivity index (χ2n) is 4.39. The van der Waals surface area contributed by atoms with Crippen LogP contribution in [0.5, 0.6) is 0 Å². The molecule has 0 saturated heterocycles. The van der Waals surface area contributed by atoms with Gasteiger partial charge in [0.15, 0.2) is 0 Å². The average molecular weight is 261 g/mol. The van der Waals surface area contributed by atoms with Crippen LogP contribution in [0.4, 0.5) is 0 Å². The molecule has 1 N–H and O–H groups in total. The summed E-state index contributed by atoms with van der Waals surface area (Å²) < 4.78 is 0. The number of nitrogens with zero attached hydrogens (tertiary/aromatic N) is 1. The first-order valence-corrected chi connectivity index (χ1v) is 6.58. The fourth-order valence-corrected chi connectivity index (χ4v) is 2.86. The highest BCUT2D eigenvalue weighted by atomic mass is 32.1. The lowest BCUT2D eigenvalue weighted by molar-refractivity contribution is -0.138. The Kier molecular flexibility index (Phi) is 3.48. The molecule has 0 amide bonds. The molecule has 0 aliphatic heterocycles. The summed E-state index contributed by atoms with van der Waals surface area (Å²) >= 11 is 1.46. The van der Waals surface area contributed by atoms with Crippen LogP contribution in [0.2, 0.25) is 0 Å². The summed E-state index contributed by atoms with van der Waals surface area (Å²) in [6.45, 7) is 5.60. The lowest BCUT2D eigenvalue weighted by Crippen LogP contribution is -2.06. The molecule has 0 spiro atoms. The van der Waals surface area contributed by atoms with E-state index in [1.807, 2.05) is 38.1 Å². The van der Waals surface area contributed by atoms with Gasteiger partial charge in [0.1, 0.15) is 5.01 Å². The van der Waals surface area contributed by atoms with Crippen molar-refractivity contribution < 1.29 is 9.90 Å². The zero-order valence-electron chi connectivity index (χ0n) is 10.6. The van der Waals surface area contributed by atoms with E-state index in [9.17, 15) is 4.79 Å². The molecule has 1 atom stereocenters. The standard InChI is InChI=1S/C14H15NO2S/c1-8-4-6-11(7-5-8)13-15-10(3)12(18-13)9(2)14(16)17/h4-7,9H,1-3H3,(H,16,17). The summed E-state index contributed by atoms with van der Waals surface area (Å²) in [6.07, 6.45) is 0. The van der Waals surface area contributed by atoms with Crippen LogP contribution >= 0.6 is 11.3 Å². The Bertz CT molecular complexity index is 572. The quantitative estimate of drug-likeness (QED) is 0.918. The molecule has 2 rings (SSSR count). The fraction of sp³-hybridized carbons (Fsp3) is 0.286. The Labute approximate surface area is 110 Å². The summed E-state index contributed by atoms with van der Waals surface area (Å²) in [4.78, 5) is 16.3. The molecule has 2 aromatic rings. The van der Waals surface area contributed by atoms with Gasteiger partial charge in [0.25, 0.3) is 0 Å². The van der Waals surface area contributed by atoms with E-state index in [1.54, 1.807) is 6.92 Å². The van der Waals surface area contributed by atoms with Crippen molar-refractivity contribution in [1.82, 2.24) is 4.98 Å². The third-order valence-electron chi connectivity index (χ3n) is 2.89. The number of aliphatic carboxylic acids is 1.